The molecule has 1 saturated heterocycles. The van der Waals surface area contributed by atoms with Crippen molar-refractivity contribution in [1.82, 2.24) is 4.98 Å². The molecule has 6 heteroatoms. The number of ether oxygens (including phenoxy) is 1. The molecule has 2 heterocycles. The van der Waals surface area contributed by atoms with Crippen LogP contribution in [0.15, 0.2) is 48.5 Å². The SMILES string of the molecule is CCOc1ccccc1NC(=O)C1CCN(c2nc3ccccc3s2)CC1. The lowest BCUT2D eigenvalue weighted by Crippen LogP contribution is -2.38. The molecule has 1 aromatic heterocycles. The number of carbonyl (C=O) groups is 1. The maximum atomic E-state index is 12.7. The van der Waals surface area contributed by atoms with Gasteiger partial charge in [-0.25, -0.2) is 4.98 Å². The zero-order valence-electron chi connectivity index (χ0n) is 15.4. The summed E-state index contributed by atoms with van der Waals surface area (Å²) in [6, 6.07) is 15.8. The van der Waals surface area contributed by atoms with Gasteiger partial charge in [-0.1, -0.05) is 35.6 Å². The number of piperidine rings is 1. The van der Waals surface area contributed by atoms with E-state index in [1.54, 1.807) is 11.3 Å². The molecule has 1 aliphatic rings. The van der Waals surface area contributed by atoms with Crippen LogP contribution >= 0.6 is 11.3 Å². The van der Waals surface area contributed by atoms with Crippen molar-refractivity contribution in [2.24, 2.45) is 5.92 Å². The third-order valence-electron chi connectivity index (χ3n) is 4.86. The molecular formula is C21H23N3O2S. The number of aromatic nitrogens is 1. The molecule has 0 spiro atoms. The van der Waals surface area contributed by atoms with Gasteiger partial charge in [0.15, 0.2) is 5.13 Å². The molecule has 0 saturated carbocycles. The average molecular weight is 382 g/mol. The van der Waals surface area contributed by atoms with Crippen LogP contribution in [0, 0.1) is 5.92 Å². The highest BCUT2D eigenvalue weighted by molar-refractivity contribution is 7.22. The smallest absolute Gasteiger partial charge is 0.227 e. The lowest BCUT2D eigenvalue weighted by atomic mass is 9.96. The van der Waals surface area contributed by atoms with E-state index in [9.17, 15) is 4.79 Å². The number of hydrogen-bond acceptors (Lipinski definition) is 5. The van der Waals surface area contributed by atoms with Crippen LogP contribution in [0.1, 0.15) is 19.8 Å². The average Bonchev–Trinajstić information content (AvgIpc) is 3.14. The van der Waals surface area contributed by atoms with Crippen LogP contribution in [0.25, 0.3) is 10.2 Å². The summed E-state index contributed by atoms with van der Waals surface area (Å²) in [4.78, 5) is 19.7. The van der Waals surface area contributed by atoms with Crippen LogP contribution in [0.2, 0.25) is 0 Å². The van der Waals surface area contributed by atoms with Gasteiger partial charge in [-0.3, -0.25) is 4.79 Å². The van der Waals surface area contributed by atoms with E-state index >= 15 is 0 Å². The van der Waals surface area contributed by atoms with E-state index in [4.69, 9.17) is 9.72 Å². The Morgan fingerprint density at radius 2 is 1.93 bits per heavy atom. The molecule has 1 amide bonds. The number of thiazole rings is 1. The van der Waals surface area contributed by atoms with Crippen molar-refractivity contribution in [1.29, 1.82) is 0 Å². The third-order valence-corrected chi connectivity index (χ3v) is 5.96. The second-order valence-corrected chi connectivity index (χ2v) is 7.65. The Hall–Kier alpha value is -2.60. The molecule has 1 N–H and O–H groups in total. The van der Waals surface area contributed by atoms with E-state index in [-0.39, 0.29) is 11.8 Å². The van der Waals surface area contributed by atoms with Crippen molar-refractivity contribution >= 4 is 38.3 Å². The van der Waals surface area contributed by atoms with E-state index < -0.39 is 0 Å². The minimum absolute atomic E-state index is 0.0188. The number of nitrogens with zero attached hydrogens (tertiary/aromatic N) is 2. The molecule has 0 bridgehead atoms. The van der Waals surface area contributed by atoms with Crippen LogP contribution in [-0.2, 0) is 4.79 Å². The lowest BCUT2D eigenvalue weighted by Gasteiger charge is -2.31. The predicted octanol–water partition coefficient (Wildman–Crippen LogP) is 4.55. The Morgan fingerprint density at radius 3 is 2.70 bits per heavy atom. The first-order valence-corrected chi connectivity index (χ1v) is 10.2. The highest BCUT2D eigenvalue weighted by Gasteiger charge is 2.27. The van der Waals surface area contributed by atoms with Gasteiger partial charge in [-0.15, -0.1) is 0 Å². The summed E-state index contributed by atoms with van der Waals surface area (Å²) in [5.74, 6) is 0.816. The fourth-order valence-corrected chi connectivity index (χ4v) is 4.43. The topological polar surface area (TPSA) is 54.5 Å². The maximum Gasteiger partial charge on any atom is 0.227 e. The number of anilines is 2. The molecular weight excluding hydrogens is 358 g/mol. The second-order valence-electron chi connectivity index (χ2n) is 6.64. The molecule has 4 rings (SSSR count). The van der Waals surface area contributed by atoms with Crippen LogP contribution in [0.3, 0.4) is 0 Å². The molecule has 0 aliphatic carbocycles. The number of rotatable bonds is 5. The van der Waals surface area contributed by atoms with Crippen molar-refractivity contribution in [3.8, 4) is 5.75 Å². The molecule has 3 aromatic rings. The highest BCUT2D eigenvalue weighted by atomic mass is 32.1. The first-order valence-electron chi connectivity index (χ1n) is 9.38. The van der Waals surface area contributed by atoms with E-state index in [2.05, 4.69) is 16.3 Å². The summed E-state index contributed by atoms with van der Waals surface area (Å²) >= 11 is 1.72. The van der Waals surface area contributed by atoms with Gasteiger partial charge in [-0.2, -0.15) is 0 Å². The van der Waals surface area contributed by atoms with E-state index in [1.165, 1.54) is 4.70 Å². The standard InChI is InChI=1S/C21H23N3O2S/c1-2-26-18-9-5-3-7-16(18)22-20(25)15-11-13-24(14-12-15)21-23-17-8-4-6-10-19(17)27-21/h3-10,15H,2,11-14H2,1H3,(H,22,25). The van der Waals surface area contributed by atoms with Crippen LogP contribution < -0.4 is 15.0 Å². The van der Waals surface area contributed by atoms with Crippen molar-refractivity contribution in [2.45, 2.75) is 19.8 Å². The highest BCUT2D eigenvalue weighted by Crippen LogP contribution is 2.32. The number of para-hydroxylation sites is 3. The summed E-state index contributed by atoms with van der Waals surface area (Å²) in [5.41, 5.74) is 1.79. The van der Waals surface area contributed by atoms with Crippen LogP contribution in [-0.4, -0.2) is 30.6 Å². The van der Waals surface area contributed by atoms with Gasteiger partial charge < -0.3 is 15.0 Å². The van der Waals surface area contributed by atoms with E-state index in [0.717, 1.165) is 48.0 Å². The number of amides is 1. The Bertz CT molecular complexity index is 899. The van der Waals surface area contributed by atoms with Crippen molar-refractivity contribution in [3.05, 3.63) is 48.5 Å². The first kappa shape index (κ1) is 17.8. The van der Waals surface area contributed by atoms with E-state index in [0.29, 0.717) is 6.61 Å². The normalized spacial score (nSPS) is 15.1. The molecule has 140 valence electrons. The Morgan fingerprint density at radius 1 is 1.19 bits per heavy atom. The molecule has 0 unspecified atom stereocenters. The molecule has 5 nitrogen and oxygen atoms in total. The van der Waals surface area contributed by atoms with Gasteiger partial charge in [0, 0.05) is 19.0 Å². The fraction of sp³-hybridized carbons (Fsp3) is 0.333. The summed E-state index contributed by atoms with van der Waals surface area (Å²) in [5, 5.41) is 4.10. The Balaban J connectivity index is 1.38. The number of hydrogen-bond donors (Lipinski definition) is 1. The summed E-state index contributed by atoms with van der Waals surface area (Å²) in [6.45, 7) is 4.22. The number of nitrogens with one attached hydrogen (secondary N) is 1. The Labute approximate surface area is 163 Å². The molecule has 0 atom stereocenters. The fourth-order valence-electron chi connectivity index (χ4n) is 3.41. The van der Waals surface area contributed by atoms with Gasteiger partial charge in [0.1, 0.15) is 5.75 Å². The molecule has 1 fully saturated rings. The number of benzene rings is 2. The van der Waals surface area contributed by atoms with Gasteiger partial charge >= 0.3 is 0 Å². The molecule has 27 heavy (non-hydrogen) atoms. The van der Waals surface area contributed by atoms with Crippen LogP contribution in [0.5, 0.6) is 5.75 Å². The molecule has 2 aromatic carbocycles. The quantitative estimate of drug-likeness (QED) is 0.704. The molecule has 1 aliphatic heterocycles. The van der Waals surface area contributed by atoms with Crippen LogP contribution in [0.4, 0.5) is 10.8 Å². The number of carbonyl (C=O) groups excluding carboxylic acids is 1. The zero-order valence-corrected chi connectivity index (χ0v) is 16.2. The largest absolute Gasteiger partial charge is 0.492 e. The zero-order chi connectivity index (χ0) is 18.6. The monoisotopic (exact) mass is 381 g/mol. The summed E-state index contributed by atoms with van der Waals surface area (Å²) < 4.78 is 6.81. The van der Waals surface area contributed by atoms with Crippen molar-refractivity contribution < 1.29 is 9.53 Å². The van der Waals surface area contributed by atoms with E-state index in [1.807, 2.05) is 49.4 Å². The van der Waals surface area contributed by atoms with Crippen molar-refractivity contribution in [2.75, 3.05) is 29.9 Å². The van der Waals surface area contributed by atoms with Gasteiger partial charge in [0.05, 0.1) is 22.5 Å². The molecule has 0 radical (unpaired) electrons. The predicted molar refractivity (Wildman–Crippen MR) is 111 cm³/mol. The third kappa shape index (κ3) is 3.90. The van der Waals surface area contributed by atoms with Crippen molar-refractivity contribution in [3.63, 3.8) is 0 Å². The van der Waals surface area contributed by atoms with Gasteiger partial charge in [0.2, 0.25) is 5.91 Å². The first-order chi connectivity index (χ1) is 13.2. The Kier molecular flexibility index (Phi) is 5.25. The lowest BCUT2D eigenvalue weighted by molar-refractivity contribution is -0.120. The minimum Gasteiger partial charge on any atom is -0.492 e. The number of fused-ring (bicyclic) bond motifs is 1. The minimum atomic E-state index is 0.0188. The second kappa shape index (κ2) is 7.96. The maximum absolute atomic E-state index is 12.7. The summed E-state index contributed by atoms with van der Waals surface area (Å²) in [6.07, 6.45) is 1.66. The summed E-state index contributed by atoms with van der Waals surface area (Å²) in [7, 11) is 0. The van der Waals surface area contributed by atoms with Gasteiger partial charge in [0.25, 0.3) is 0 Å². The van der Waals surface area contributed by atoms with Gasteiger partial charge in [-0.05, 0) is 44.0 Å².